The fraction of sp³-hybridized carbons (Fsp3) is 0.346. The zero-order valence-corrected chi connectivity index (χ0v) is 17.6. The van der Waals surface area contributed by atoms with Gasteiger partial charge >= 0.3 is 0 Å². The summed E-state index contributed by atoms with van der Waals surface area (Å²) in [7, 11) is 1.57. The van der Waals surface area contributed by atoms with Gasteiger partial charge in [0, 0.05) is 5.56 Å². The number of rotatable bonds is 6. The van der Waals surface area contributed by atoms with E-state index in [-0.39, 0.29) is 47.9 Å². The van der Waals surface area contributed by atoms with Gasteiger partial charge in [0.2, 0.25) is 11.8 Å². The number of benzene rings is 2. The molecule has 2 aromatic carbocycles. The highest BCUT2D eigenvalue weighted by atomic mass is 16.5. The number of imide groups is 1. The Morgan fingerprint density at radius 2 is 1.44 bits per heavy atom. The molecule has 4 aliphatic carbocycles. The lowest BCUT2D eigenvalue weighted by Gasteiger charge is -2.37. The van der Waals surface area contributed by atoms with E-state index in [2.05, 4.69) is 12.2 Å². The minimum absolute atomic E-state index is 0.0759. The van der Waals surface area contributed by atoms with Gasteiger partial charge in [0.1, 0.15) is 11.5 Å². The van der Waals surface area contributed by atoms with Crippen LogP contribution in [0, 0.1) is 35.5 Å². The molecule has 162 valence electrons. The summed E-state index contributed by atoms with van der Waals surface area (Å²) in [6, 6.07) is 13.7. The van der Waals surface area contributed by atoms with Crippen LogP contribution in [0.3, 0.4) is 0 Å². The highest BCUT2D eigenvalue weighted by Gasteiger charge is 2.67. The van der Waals surface area contributed by atoms with Crippen molar-refractivity contribution in [2.45, 2.75) is 6.42 Å². The number of ether oxygens (including phenoxy) is 2. The maximum Gasteiger partial charge on any atom is 0.238 e. The lowest BCUT2D eigenvalue weighted by Crippen LogP contribution is -2.40. The zero-order chi connectivity index (χ0) is 22.0. The number of carbonyl (C=O) groups excluding carboxylic acids is 3. The van der Waals surface area contributed by atoms with Crippen LogP contribution in [0.4, 0.5) is 5.69 Å². The Morgan fingerprint density at radius 3 is 2.00 bits per heavy atom. The van der Waals surface area contributed by atoms with Crippen LogP contribution < -0.4 is 14.4 Å². The van der Waals surface area contributed by atoms with Gasteiger partial charge in [-0.05, 0) is 78.6 Å². The molecule has 2 unspecified atom stereocenters. The van der Waals surface area contributed by atoms with E-state index in [0.29, 0.717) is 34.6 Å². The largest absolute Gasteiger partial charge is 0.497 e. The summed E-state index contributed by atoms with van der Waals surface area (Å²) < 4.78 is 10.7. The predicted octanol–water partition coefficient (Wildman–Crippen LogP) is 3.51. The van der Waals surface area contributed by atoms with Crippen LogP contribution in [0.5, 0.6) is 11.5 Å². The molecule has 2 aromatic rings. The van der Waals surface area contributed by atoms with E-state index in [0.717, 1.165) is 6.42 Å². The molecule has 2 bridgehead atoms. The van der Waals surface area contributed by atoms with Gasteiger partial charge in [-0.15, -0.1) is 0 Å². The highest BCUT2D eigenvalue weighted by Crippen LogP contribution is 2.65. The standard InChI is InChI=1S/C26H23NO5/c1-31-16-6-2-14(3-7-16)22(28)13-32-17-8-4-15(5-9-17)27-25(29)23-18-10-11-19(21-12-20(18)21)24(23)26(27)30/h2-11,18-21,23-24H,12-13H2,1H3/t18-,19+,20?,21?,23-,24+. The molecule has 1 saturated heterocycles. The molecule has 6 nitrogen and oxygen atoms in total. The topological polar surface area (TPSA) is 72.9 Å². The summed E-state index contributed by atoms with van der Waals surface area (Å²) in [5.74, 6) is 2.07. The Balaban J connectivity index is 1.14. The number of carbonyl (C=O) groups is 3. The van der Waals surface area contributed by atoms with Crippen molar-refractivity contribution in [2.24, 2.45) is 35.5 Å². The molecule has 0 radical (unpaired) electrons. The number of hydrogen-bond donors (Lipinski definition) is 0. The molecule has 6 atom stereocenters. The molecule has 0 aromatic heterocycles. The third kappa shape index (κ3) is 2.82. The maximum atomic E-state index is 13.2. The molecule has 2 amide bonds. The van der Waals surface area contributed by atoms with Gasteiger partial charge in [0.25, 0.3) is 0 Å². The normalized spacial score (nSPS) is 31.3. The fourth-order valence-electron chi connectivity index (χ4n) is 5.91. The van der Waals surface area contributed by atoms with Crippen LogP contribution in [0.1, 0.15) is 16.8 Å². The average Bonchev–Trinajstić information content (AvgIpc) is 3.61. The van der Waals surface area contributed by atoms with Gasteiger partial charge in [-0.3, -0.25) is 19.3 Å². The van der Waals surface area contributed by atoms with Crippen molar-refractivity contribution in [1.29, 1.82) is 0 Å². The van der Waals surface area contributed by atoms with Gasteiger partial charge in [-0.2, -0.15) is 0 Å². The molecule has 1 aliphatic heterocycles. The lowest BCUT2D eigenvalue weighted by molar-refractivity contribution is -0.124. The molecule has 7 rings (SSSR count). The van der Waals surface area contributed by atoms with Gasteiger partial charge in [0.15, 0.2) is 12.4 Å². The first-order valence-corrected chi connectivity index (χ1v) is 11.0. The maximum absolute atomic E-state index is 13.2. The summed E-state index contributed by atoms with van der Waals surface area (Å²) in [6.45, 7) is -0.102. The molecule has 1 heterocycles. The monoisotopic (exact) mass is 429 g/mol. The first-order chi connectivity index (χ1) is 15.6. The smallest absolute Gasteiger partial charge is 0.238 e. The Kier molecular flexibility index (Phi) is 4.25. The molecule has 6 heteroatoms. The zero-order valence-electron chi connectivity index (χ0n) is 17.6. The van der Waals surface area contributed by atoms with Gasteiger partial charge in [0.05, 0.1) is 24.6 Å². The Labute approximate surface area is 185 Å². The second-order valence-corrected chi connectivity index (χ2v) is 9.10. The molecule has 3 fully saturated rings. The number of allylic oxidation sites excluding steroid dienone is 2. The van der Waals surface area contributed by atoms with E-state index in [1.165, 1.54) is 4.90 Å². The predicted molar refractivity (Wildman–Crippen MR) is 116 cm³/mol. The Morgan fingerprint density at radius 1 is 0.875 bits per heavy atom. The number of Topliss-reactive ketones (excluding diaryl/α,β-unsaturated/α-hetero) is 1. The van der Waals surface area contributed by atoms with Gasteiger partial charge < -0.3 is 9.47 Å². The first kappa shape index (κ1) is 19.3. The van der Waals surface area contributed by atoms with E-state index in [1.54, 1.807) is 55.6 Å². The minimum Gasteiger partial charge on any atom is -0.497 e. The second-order valence-electron chi connectivity index (χ2n) is 9.10. The number of anilines is 1. The van der Waals surface area contributed by atoms with E-state index in [1.807, 2.05) is 0 Å². The van der Waals surface area contributed by atoms with Crippen molar-refractivity contribution >= 4 is 23.3 Å². The summed E-state index contributed by atoms with van der Waals surface area (Å²) in [5, 5.41) is 0. The molecular weight excluding hydrogens is 406 g/mol. The van der Waals surface area contributed by atoms with Gasteiger partial charge in [-0.1, -0.05) is 12.2 Å². The number of methoxy groups -OCH3 is 1. The van der Waals surface area contributed by atoms with Crippen molar-refractivity contribution in [3.63, 3.8) is 0 Å². The van der Waals surface area contributed by atoms with Crippen LogP contribution >= 0.6 is 0 Å². The second kappa shape index (κ2) is 7.05. The third-order valence-electron chi connectivity index (χ3n) is 7.54. The summed E-state index contributed by atoms with van der Waals surface area (Å²) in [5.41, 5.74) is 1.11. The Bertz CT molecular complexity index is 1100. The van der Waals surface area contributed by atoms with Crippen molar-refractivity contribution in [1.82, 2.24) is 0 Å². The number of ketones is 1. The number of nitrogens with zero attached hydrogens (tertiary/aromatic N) is 1. The summed E-state index contributed by atoms with van der Waals surface area (Å²) >= 11 is 0. The van der Waals surface area contributed by atoms with Crippen molar-refractivity contribution in [3.8, 4) is 11.5 Å². The number of hydrogen-bond acceptors (Lipinski definition) is 5. The van der Waals surface area contributed by atoms with Crippen molar-refractivity contribution in [2.75, 3.05) is 18.6 Å². The van der Waals surface area contributed by atoms with E-state index in [4.69, 9.17) is 9.47 Å². The number of amides is 2. The molecular formula is C26H23NO5. The first-order valence-electron chi connectivity index (χ1n) is 11.0. The molecule has 0 spiro atoms. The SMILES string of the molecule is COc1ccc(C(=O)COc2ccc(N3C(=O)[C@@H]4[C@H](C3=O)[C@@H]3C=C[C@H]4C4CC43)cc2)cc1. The molecule has 5 aliphatic rings. The summed E-state index contributed by atoms with van der Waals surface area (Å²) in [4.78, 5) is 40.1. The lowest BCUT2D eigenvalue weighted by atomic mass is 9.63. The van der Waals surface area contributed by atoms with Crippen LogP contribution in [0.2, 0.25) is 0 Å². The Hall–Kier alpha value is -3.41. The van der Waals surface area contributed by atoms with Crippen LogP contribution in [0.25, 0.3) is 0 Å². The quantitative estimate of drug-likeness (QED) is 0.399. The van der Waals surface area contributed by atoms with E-state index in [9.17, 15) is 14.4 Å². The van der Waals surface area contributed by atoms with Crippen molar-refractivity contribution in [3.05, 3.63) is 66.2 Å². The fourth-order valence-corrected chi connectivity index (χ4v) is 5.91. The van der Waals surface area contributed by atoms with Crippen LogP contribution in [-0.4, -0.2) is 31.3 Å². The van der Waals surface area contributed by atoms with Crippen molar-refractivity contribution < 1.29 is 23.9 Å². The molecule has 0 N–H and O–H groups in total. The van der Waals surface area contributed by atoms with Gasteiger partial charge in [-0.25, -0.2) is 0 Å². The summed E-state index contributed by atoms with van der Waals surface area (Å²) in [6.07, 6.45) is 5.49. The molecule has 2 saturated carbocycles. The average molecular weight is 429 g/mol. The van der Waals surface area contributed by atoms with E-state index >= 15 is 0 Å². The van der Waals surface area contributed by atoms with Crippen LogP contribution in [-0.2, 0) is 9.59 Å². The third-order valence-corrected chi connectivity index (χ3v) is 7.54. The highest BCUT2D eigenvalue weighted by molar-refractivity contribution is 6.22. The van der Waals surface area contributed by atoms with E-state index < -0.39 is 0 Å². The molecule has 32 heavy (non-hydrogen) atoms. The minimum atomic E-state index is -0.209. The van der Waals surface area contributed by atoms with Crippen LogP contribution in [0.15, 0.2) is 60.7 Å².